The van der Waals surface area contributed by atoms with Crippen molar-refractivity contribution in [1.82, 2.24) is 4.90 Å². The van der Waals surface area contributed by atoms with Crippen LogP contribution in [0.25, 0.3) is 0 Å². The molecule has 2 unspecified atom stereocenters. The summed E-state index contributed by atoms with van der Waals surface area (Å²) in [6, 6.07) is 13.8. The molecule has 7 nitrogen and oxygen atoms in total. The molecule has 152 valence electrons. The Morgan fingerprint density at radius 1 is 1.10 bits per heavy atom. The van der Waals surface area contributed by atoms with Crippen molar-refractivity contribution >= 4 is 23.5 Å². The van der Waals surface area contributed by atoms with Crippen LogP contribution in [0, 0.1) is 11.8 Å². The van der Waals surface area contributed by atoms with Crippen molar-refractivity contribution in [2.75, 3.05) is 19.0 Å². The Kier molecular flexibility index (Phi) is 6.16. The molecule has 1 fully saturated rings. The first kappa shape index (κ1) is 20.4. The van der Waals surface area contributed by atoms with Crippen molar-refractivity contribution < 1.29 is 24.2 Å². The Balaban J connectivity index is 1.54. The molecule has 1 aliphatic carbocycles. The van der Waals surface area contributed by atoms with Gasteiger partial charge in [-0.2, -0.15) is 0 Å². The molecule has 1 aliphatic rings. The number of hydrogen-bond donors (Lipinski definition) is 2. The lowest BCUT2D eigenvalue weighted by atomic mass is 10.1. The number of carbonyl (C=O) groups excluding carboxylic acids is 2. The minimum absolute atomic E-state index is 0.0319. The second-order valence-corrected chi connectivity index (χ2v) is 7.37. The molecule has 3 rings (SSSR count). The lowest BCUT2D eigenvalue weighted by Crippen LogP contribution is -2.26. The highest BCUT2D eigenvalue weighted by Gasteiger charge is 2.39. The number of nitrogens with one attached hydrogen (secondary N) is 1. The zero-order chi connectivity index (χ0) is 21.0. The summed E-state index contributed by atoms with van der Waals surface area (Å²) in [6.45, 7) is 2.06. The van der Waals surface area contributed by atoms with Crippen LogP contribution in [0.5, 0.6) is 5.75 Å². The van der Waals surface area contributed by atoms with Crippen molar-refractivity contribution in [3.8, 4) is 5.75 Å². The van der Waals surface area contributed by atoms with Gasteiger partial charge in [-0.15, -0.1) is 0 Å². The van der Waals surface area contributed by atoms with Crippen LogP contribution in [-0.2, 0) is 16.1 Å². The Labute approximate surface area is 169 Å². The number of rotatable bonds is 8. The van der Waals surface area contributed by atoms with Crippen molar-refractivity contribution in [3.05, 3.63) is 59.7 Å². The summed E-state index contributed by atoms with van der Waals surface area (Å²) in [7, 11) is 1.71. The van der Waals surface area contributed by atoms with Crippen molar-refractivity contribution in [1.29, 1.82) is 0 Å². The van der Waals surface area contributed by atoms with Crippen LogP contribution >= 0.6 is 0 Å². The first-order valence-electron chi connectivity index (χ1n) is 9.43. The average molecular weight is 396 g/mol. The largest absolute Gasteiger partial charge is 0.482 e. The van der Waals surface area contributed by atoms with Gasteiger partial charge in [0, 0.05) is 30.8 Å². The van der Waals surface area contributed by atoms with Crippen molar-refractivity contribution in [3.63, 3.8) is 0 Å². The molecule has 2 aromatic rings. The van der Waals surface area contributed by atoms with Gasteiger partial charge in [-0.05, 0) is 54.3 Å². The number of benzene rings is 2. The maximum atomic E-state index is 12.6. The molecular formula is C22H24N2O5. The number of carboxylic acids is 1. The predicted octanol–water partition coefficient (Wildman–Crippen LogP) is 3.02. The third-order valence-corrected chi connectivity index (χ3v) is 4.90. The van der Waals surface area contributed by atoms with Gasteiger partial charge < -0.3 is 20.1 Å². The number of ether oxygens (including phenoxy) is 1. The molecule has 2 N–H and O–H groups in total. The van der Waals surface area contributed by atoms with E-state index < -0.39 is 12.6 Å². The molecule has 0 bridgehead atoms. The van der Waals surface area contributed by atoms with Gasteiger partial charge in [-0.1, -0.05) is 19.1 Å². The standard InChI is InChI=1S/C22H24N2O5/c1-14-11-19(14)21(27)23-17-7-5-16(6-8-17)22(28)24(2)12-15-3-9-18(10-4-15)29-13-20(25)26/h3-10,14,19H,11-13H2,1-2H3,(H,23,27)(H,25,26). The Morgan fingerprint density at radius 2 is 1.72 bits per heavy atom. The topological polar surface area (TPSA) is 95.9 Å². The lowest BCUT2D eigenvalue weighted by molar-refractivity contribution is -0.139. The number of carboxylic acid groups (broad SMARTS) is 1. The third kappa shape index (κ3) is 5.57. The highest BCUT2D eigenvalue weighted by Crippen LogP contribution is 2.38. The molecule has 0 heterocycles. The quantitative estimate of drug-likeness (QED) is 0.715. The van der Waals surface area contributed by atoms with Crippen LogP contribution in [0.15, 0.2) is 48.5 Å². The van der Waals surface area contributed by atoms with E-state index in [1.54, 1.807) is 60.5 Å². The number of anilines is 1. The number of aliphatic carboxylic acids is 1. The Morgan fingerprint density at radius 3 is 2.28 bits per heavy atom. The van der Waals surface area contributed by atoms with Crippen LogP contribution in [0.2, 0.25) is 0 Å². The van der Waals surface area contributed by atoms with E-state index in [9.17, 15) is 14.4 Å². The van der Waals surface area contributed by atoms with Crippen LogP contribution in [0.3, 0.4) is 0 Å². The molecule has 1 saturated carbocycles. The van der Waals surface area contributed by atoms with Gasteiger partial charge in [0.05, 0.1) is 0 Å². The summed E-state index contributed by atoms with van der Waals surface area (Å²) >= 11 is 0. The van der Waals surface area contributed by atoms with Gasteiger partial charge in [0.25, 0.3) is 5.91 Å². The Hall–Kier alpha value is -3.35. The molecule has 0 saturated heterocycles. The van der Waals surface area contributed by atoms with Gasteiger partial charge in [0.1, 0.15) is 5.75 Å². The first-order chi connectivity index (χ1) is 13.8. The SMILES string of the molecule is CC1CC1C(=O)Nc1ccc(C(=O)N(C)Cc2ccc(OCC(=O)O)cc2)cc1. The molecule has 0 aromatic heterocycles. The predicted molar refractivity (Wildman–Crippen MR) is 108 cm³/mol. The smallest absolute Gasteiger partial charge is 0.341 e. The zero-order valence-electron chi connectivity index (χ0n) is 16.4. The van der Waals surface area contributed by atoms with Gasteiger partial charge in [0.15, 0.2) is 6.61 Å². The fourth-order valence-electron chi connectivity index (χ4n) is 3.02. The maximum absolute atomic E-state index is 12.6. The van der Waals surface area contributed by atoms with E-state index >= 15 is 0 Å². The van der Waals surface area contributed by atoms with Crippen molar-refractivity contribution in [2.45, 2.75) is 19.9 Å². The van der Waals surface area contributed by atoms with Crippen LogP contribution in [0.4, 0.5) is 5.69 Å². The maximum Gasteiger partial charge on any atom is 0.341 e. The van der Waals surface area contributed by atoms with Crippen LogP contribution in [0.1, 0.15) is 29.3 Å². The number of nitrogens with zero attached hydrogens (tertiary/aromatic N) is 1. The molecule has 2 atom stereocenters. The second-order valence-electron chi connectivity index (χ2n) is 7.37. The van der Waals surface area contributed by atoms with E-state index in [1.165, 1.54) is 0 Å². The summed E-state index contributed by atoms with van der Waals surface area (Å²) in [4.78, 5) is 36.7. The molecule has 7 heteroatoms. The van der Waals surface area contributed by atoms with Crippen LogP contribution in [-0.4, -0.2) is 41.4 Å². The molecule has 2 aromatic carbocycles. The summed E-state index contributed by atoms with van der Waals surface area (Å²) in [5, 5.41) is 11.5. The second kappa shape index (κ2) is 8.77. The van der Waals surface area contributed by atoms with Gasteiger partial charge >= 0.3 is 5.97 Å². The highest BCUT2D eigenvalue weighted by atomic mass is 16.5. The number of carbonyl (C=O) groups is 3. The summed E-state index contributed by atoms with van der Waals surface area (Å²) in [5.74, 6) is -0.129. The molecular weight excluding hydrogens is 372 g/mol. The summed E-state index contributed by atoms with van der Waals surface area (Å²) in [5.41, 5.74) is 2.11. The minimum Gasteiger partial charge on any atom is -0.482 e. The minimum atomic E-state index is -1.04. The van der Waals surface area contributed by atoms with E-state index in [0.29, 0.717) is 29.5 Å². The van der Waals surface area contributed by atoms with E-state index in [0.717, 1.165) is 12.0 Å². The van der Waals surface area contributed by atoms with Gasteiger partial charge in [-0.25, -0.2) is 4.79 Å². The summed E-state index contributed by atoms with van der Waals surface area (Å²) in [6.07, 6.45) is 0.930. The normalized spacial score (nSPS) is 17.3. The monoisotopic (exact) mass is 396 g/mol. The molecule has 0 spiro atoms. The average Bonchev–Trinajstić information content (AvgIpc) is 3.44. The van der Waals surface area contributed by atoms with Gasteiger partial charge in [-0.3, -0.25) is 9.59 Å². The highest BCUT2D eigenvalue weighted by molar-refractivity contribution is 5.96. The fourth-order valence-corrected chi connectivity index (χ4v) is 3.02. The molecule has 29 heavy (non-hydrogen) atoms. The fraction of sp³-hybridized carbons (Fsp3) is 0.318. The molecule has 0 radical (unpaired) electrons. The number of amides is 2. The van der Waals surface area contributed by atoms with E-state index in [-0.39, 0.29) is 17.7 Å². The Bertz CT molecular complexity index is 892. The van der Waals surface area contributed by atoms with Crippen LogP contribution < -0.4 is 10.1 Å². The lowest BCUT2D eigenvalue weighted by Gasteiger charge is -2.18. The van der Waals surface area contributed by atoms with E-state index in [1.807, 2.05) is 0 Å². The number of hydrogen-bond acceptors (Lipinski definition) is 4. The van der Waals surface area contributed by atoms with Gasteiger partial charge in [0.2, 0.25) is 5.91 Å². The first-order valence-corrected chi connectivity index (χ1v) is 9.43. The molecule has 2 amide bonds. The van der Waals surface area contributed by atoms with Crippen molar-refractivity contribution in [2.24, 2.45) is 11.8 Å². The molecule has 0 aliphatic heterocycles. The third-order valence-electron chi connectivity index (χ3n) is 4.90. The van der Waals surface area contributed by atoms with E-state index in [4.69, 9.17) is 9.84 Å². The van der Waals surface area contributed by atoms with E-state index in [2.05, 4.69) is 12.2 Å². The summed E-state index contributed by atoms with van der Waals surface area (Å²) < 4.78 is 5.10. The zero-order valence-corrected chi connectivity index (χ0v) is 16.4.